The molecule has 1 aromatic carbocycles. The summed E-state index contributed by atoms with van der Waals surface area (Å²) < 4.78 is 16.0. The van der Waals surface area contributed by atoms with E-state index < -0.39 is 11.9 Å². The molecular formula is C22H24N2O5S. The van der Waals surface area contributed by atoms with Gasteiger partial charge in [-0.2, -0.15) is 0 Å². The first-order chi connectivity index (χ1) is 14.2. The van der Waals surface area contributed by atoms with Crippen molar-refractivity contribution in [3.63, 3.8) is 0 Å². The Kier molecular flexibility index (Phi) is 6.26. The first kappa shape index (κ1) is 21.6. The van der Waals surface area contributed by atoms with Gasteiger partial charge in [-0.1, -0.05) is 17.3 Å². The summed E-state index contributed by atoms with van der Waals surface area (Å²) in [7, 11) is 1.31. The third kappa shape index (κ3) is 4.23. The molecule has 0 spiro atoms. The summed E-state index contributed by atoms with van der Waals surface area (Å²) in [5.74, 6) is 0.261. The van der Waals surface area contributed by atoms with Gasteiger partial charge >= 0.3 is 5.97 Å². The average molecular weight is 429 g/mol. The Hall–Kier alpha value is -3.13. The second kappa shape index (κ2) is 8.71. The summed E-state index contributed by atoms with van der Waals surface area (Å²) >= 11 is 1.31. The number of benzene rings is 1. The van der Waals surface area contributed by atoms with E-state index in [0.717, 1.165) is 27.3 Å². The quantitative estimate of drug-likeness (QED) is 0.562. The summed E-state index contributed by atoms with van der Waals surface area (Å²) in [6.45, 7) is 9.50. The van der Waals surface area contributed by atoms with Gasteiger partial charge in [-0.25, -0.2) is 4.79 Å². The van der Waals surface area contributed by atoms with Gasteiger partial charge in [-0.15, -0.1) is 11.3 Å². The van der Waals surface area contributed by atoms with E-state index in [1.165, 1.54) is 18.4 Å². The van der Waals surface area contributed by atoms with Crippen LogP contribution in [0.4, 0.5) is 5.00 Å². The lowest BCUT2D eigenvalue weighted by atomic mass is 10.1. The number of methoxy groups -OCH3 is 1. The number of nitrogens with zero attached hydrogens (tertiary/aromatic N) is 1. The van der Waals surface area contributed by atoms with Gasteiger partial charge in [0.05, 0.1) is 18.2 Å². The number of carbonyl (C=O) groups is 2. The zero-order valence-corrected chi connectivity index (χ0v) is 18.7. The number of rotatable bonds is 6. The molecule has 0 saturated heterocycles. The predicted molar refractivity (Wildman–Crippen MR) is 115 cm³/mol. The van der Waals surface area contributed by atoms with E-state index in [1.807, 2.05) is 45.9 Å². The lowest BCUT2D eigenvalue weighted by molar-refractivity contribution is 0.0601. The van der Waals surface area contributed by atoms with Crippen LogP contribution in [-0.2, 0) is 11.3 Å². The highest BCUT2D eigenvalue weighted by molar-refractivity contribution is 7.16. The highest BCUT2D eigenvalue weighted by Crippen LogP contribution is 2.33. The van der Waals surface area contributed by atoms with Gasteiger partial charge in [-0.3, -0.25) is 4.79 Å². The first-order valence-electron chi connectivity index (χ1n) is 9.37. The molecule has 0 bridgehead atoms. The molecule has 0 saturated carbocycles. The fraction of sp³-hybridized carbons (Fsp3) is 0.318. The maximum absolute atomic E-state index is 12.9. The van der Waals surface area contributed by atoms with Crippen LogP contribution in [0, 0.1) is 34.6 Å². The number of aryl methyl sites for hydroxylation is 4. The van der Waals surface area contributed by atoms with Crippen molar-refractivity contribution in [2.45, 2.75) is 41.2 Å². The van der Waals surface area contributed by atoms with Gasteiger partial charge in [-0.05, 0) is 57.4 Å². The Balaban J connectivity index is 1.84. The first-order valence-corrected chi connectivity index (χ1v) is 10.2. The lowest BCUT2D eigenvalue weighted by Gasteiger charge is -2.10. The summed E-state index contributed by atoms with van der Waals surface area (Å²) in [6, 6.07) is 5.93. The molecular weight excluding hydrogens is 404 g/mol. The standard InChI is InChI=1S/C22H24N2O5S/c1-11-7-8-12(2)17(9-11)28-10-16-14(4)29-24-19(16)20(25)23-21-18(22(26)27-6)13(3)15(5)30-21/h7-9H,10H2,1-6H3,(H,23,25). The van der Waals surface area contributed by atoms with Gasteiger partial charge in [0, 0.05) is 4.88 Å². The normalized spacial score (nSPS) is 10.7. The number of nitrogens with one attached hydrogen (secondary N) is 1. The number of esters is 1. The molecule has 2 heterocycles. The van der Waals surface area contributed by atoms with Crippen molar-refractivity contribution in [1.82, 2.24) is 5.16 Å². The van der Waals surface area contributed by atoms with E-state index >= 15 is 0 Å². The van der Waals surface area contributed by atoms with Gasteiger partial charge in [0.2, 0.25) is 0 Å². The van der Waals surface area contributed by atoms with Gasteiger partial charge in [0.15, 0.2) is 5.69 Å². The van der Waals surface area contributed by atoms with E-state index in [0.29, 0.717) is 21.9 Å². The van der Waals surface area contributed by atoms with E-state index in [9.17, 15) is 9.59 Å². The topological polar surface area (TPSA) is 90.7 Å². The number of hydrogen-bond acceptors (Lipinski definition) is 7. The summed E-state index contributed by atoms with van der Waals surface area (Å²) in [5.41, 5.74) is 3.87. The largest absolute Gasteiger partial charge is 0.488 e. The van der Waals surface area contributed by atoms with Crippen LogP contribution < -0.4 is 10.1 Å². The molecule has 0 unspecified atom stereocenters. The average Bonchev–Trinajstić information content (AvgIpc) is 3.21. The highest BCUT2D eigenvalue weighted by Gasteiger charge is 2.25. The Labute approximate surface area is 179 Å². The third-order valence-corrected chi connectivity index (χ3v) is 6.04. The van der Waals surface area contributed by atoms with Gasteiger partial charge in [0.25, 0.3) is 5.91 Å². The lowest BCUT2D eigenvalue weighted by Crippen LogP contribution is -2.17. The van der Waals surface area contributed by atoms with Crippen molar-refractivity contribution in [3.8, 4) is 5.75 Å². The molecule has 1 N–H and O–H groups in total. The van der Waals surface area contributed by atoms with Crippen LogP contribution in [0.2, 0.25) is 0 Å². The molecule has 0 aliphatic carbocycles. The van der Waals surface area contributed by atoms with Crippen molar-refractivity contribution >= 4 is 28.2 Å². The van der Waals surface area contributed by atoms with Crippen LogP contribution in [0.1, 0.15) is 53.7 Å². The Morgan fingerprint density at radius 1 is 1.17 bits per heavy atom. The van der Waals surface area contributed by atoms with Crippen LogP contribution in [0.3, 0.4) is 0 Å². The smallest absolute Gasteiger partial charge is 0.341 e. The number of ether oxygens (including phenoxy) is 2. The molecule has 7 nitrogen and oxygen atoms in total. The number of anilines is 1. The van der Waals surface area contributed by atoms with Crippen LogP contribution in [0.15, 0.2) is 22.7 Å². The monoisotopic (exact) mass is 428 g/mol. The zero-order chi connectivity index (χ0) is 22.0. The molecule has 158 valence electrons. The van der Waals surface area contributed by atoms with Gasteiger partial charge in [0.1, 0.15) is 23.1 Å². The Morgan fingerprint density at radius 3 is 2.60 bits per heavy atom. The summed E-state index contributed by atoms with van der Waals surface area (Å²) in [5, 5.41) is 7.11. The number of thiophene rings is 1. The molecule has 0 aliphatic rings. The maximum Gasteiger partial charge on any atom is 0.341 e. The second-order valence-corrected chi connectivity index (χ2v) is 8.28. The minimum atomic E-state index is -0.498. The van der Waals surface area contributed by atoms with Crippen LogP contribution in [0.5, 0.6) is 5.75 Å². The molecule has 0 aliphatic heterocycles. The molecule has 8 heteroatoms. The minimum Gasteiger partial charge on any atom is -0.488 e. The number of hydrogen-bond donors (Lipinski definition) is 1. The summed E-state index contributed by atoms with van der Waals surface area (Å²) in [4.78, 5) is 26.0. The number of amides is 1. The van der Waals surface area contributed by atoms with Crippen LogP contribution >= 0.6 is 11.3 Å². The SMILES string of the molecule is COC(=O)c1c(NC(=O)c2noc(C)c2COc2cc(C)ccc2C)sc(C)c1C. The Bertz CT molecular complexity index is 1110. The van der Waals surface area contributed by atoms with E-state index in [-0.39, 0.29) is 12.3 Å². The highest BCUT2D eigenvalue weighted by atomic mass is 32.1. The molecule has 30 heavy (non-hydrogen) atoms. The van der Waals surface area contributed by atoms with Crippen LogP contribution in [-0.4, -0.2) is 24.1 Å². The molecule has 0 atom stereocenters. The maximum atomic E-state index is 12.9. The van der Waals surface area contributed by atoms with Crippen molar-refractivity contribution in [2.75, 3.05) is 12.4 Å². The van der Waals surface area contributed by atoms with E-state index in [2.05, 4.69) is 10.5 Å². The molecule has 3 aromatic rings. The second-order valence-electron chi connectivity index (χ2n) is 7.06. The van der Waals surface area contributed by atoms with Crippen molar-refractivity contribution in [2.24, 2.45) is 0 Å². The fourth-order valence-corrected chi connectivity index (χ4v) is 4.02. The fourth-order valence-electron chi connectivity index (χ4n) is 2.98. The van der Waals surface area contributed by atoms with Crippen LogP contribution in [0.25, 0.3) is 0 Å². The summed E-state index contributed by atoms with van der Waals surface area (Å²) in [6.07, 6.45) is 0. The minimum absolute atomic E-state index is 0.123. The molecule has 0 fully saturated rings. The van der Waals surface area contributed by atoms with Crippen molar-refractivity contribution in [3.05, 3.63) is 62.3 Å². The van der Waals surface area contributed by atoms with E-state index in [1.54, 1.807) is 6.92 Å². The molecule has 2 aromatic heterocycles. The third-order valence-electron chi connectivity index (χ3n) is 4.92. The predicted octanol–water partition coefficient (Wildman–Crippen LogP) is 4.90. The Morgan fingerprint density at radius 2 is 1.90 bits per heavy atom. The molecule has 3 rings (SSSR count). The van der Waals surface area contributed by atoms with Crippen molar-refractivity contribution < 1.29 is 23.6 Å². The number of carbonyl (C=O) groups excluding carboxylic acids is 2. The molecule has 1 amide bonds. The van der Waals surface area contributed by atoms with Gasteiger partial charge < -0.3 is 19.3 Å². The van der Waals surface area contributed by atoms with E-state index in [4.69, 9.17) is 14.0 Å². The molecule has 0 radical (unpaired) electrons. The number of aromatic nitrogens is 1. The zero-order valence-electron chi connectivity index (χ0n) is 17.8. The van der Waals surface area contributed by atoms with Crippen molar-refractivity contribution in [1.29, 1.82) is 0 Å².